The third-order valence-electron chi connectivity index (χ3n) is 5.21. The van der Waals surface area contributed by atoms with Crippen molar-refractivity contribution in [2.75, 3.05) is 38.5 Å². The van der Waals surface area contributed by atoms with Crippen molar-refractivity contribution < 1.29 is 24.0 Å². The molecule has 3 N–H and O–H groups in total. The lowest BCUT2D eigenvalue weighted by molar-refractivity contribution is -0.135. The van der Waals surface area contributed by atoms with E-state index in [4.69, 9.17) is 0 Å². The zero-order valence-electron chi connectivity index (χ0n) is 18.8. The monoisotopic (exact) mass is 445 g/mol. The molecule has 1 fully saturated rings. The predicted octanol–water partition coefficient (Wildman–Crippen LogP) is -0.111. The Morgan fingerprint density at radius 2 is 1.75 bits per heavy atom. The molecule has 1 aliphatic rings. The standard InChI is InChI=1S/C22H31N5O5/c1-15(28)23-12-20(30)24-13-22(32)27-10-6-8-18(27)14-26(3)21(31)11-17-7-4-5-9-19(17)25-16(2)29/h4-5,7,9,18H,6,8,10-14H2,1-3H3,(H,23,28)(H,24,30)(H,25,29)/t18-/m0/s1. The molecular weight excluding hydrogens is 414 g/mol. The number of rotatable bonds is 9. The van der Waals surface area contributed by atoms with Gasteiger partial charge >= 0.3 is 0 Å². The first-order valence-corrected chi connectivity index (χ1v) is 10.6. The lowest BCUT2D eigenvalue weighted by Crippen LogP contribution is -2.48. The molecule has 0 unspecified atom stereocenters. The third kappa shape index (κ3) is 7.68. The van der Waals surface area contributed by atoms with Gasteiger partial charge in [0.2, 0.25) is 29.5 Å². The van der Waals surface area contributed by atoms with Gasteiger partial charge in [-0.15, -0.1) is 0 Å². The number of carbonyl (C=O) groups excluding carboxylic acids is 5. The van der Waals surface area contributed by atoms with E-state index in [9.17, 15) is 24.0 Å². The van der Waals surface area contributed by atoms with Crippen molar-refractivity contribution in [3.05, 3.63) is 29.8 Å². The number of hydrogen-bond acceptors (Lipinski definition) is 5. The van der Waals surface area contributed by atoms with Crippen molar-refractivity contribution in [2.24, 2.45) is 0 Å². The number of nitrogens with one attached hydrogen (secondary N) is 3. The minimum atomic E-state index is -0.436. The molecule has 1 atom stereocenters. The Balaban J connectivity index is 1.89. The largest absolute Gasteiger partial charge is 0.347 e. The first-order chi connectivity index (χ1) is 15.2. The minimum Gasteiger partial charge on any atom is -0.347 e. The molecule has 0 bridgehead atoms. The van der Waals surface area contributed by atoms with Crippen LogP contribution in [0, 0.1) is 0 Å². The van der Waals surface area contributed by atoms with Gasteiger partial charge in [-0.2, -0.15) is 0 Å². The van der Waals surface area contributed by atoms with Crippen LogP contribution in [-0.2, 0) is 30.4 Å². The zero-order chi connectivity index (χ0) is 23.7. The first-order valence-electron chi connectivity index (χ1n) is 10.6. The van der Waals surface area contributed by atoms with E-state index in [1.165, 1.54) is 13.8 Å². The third-order valence-corrected chi connectivity index (χ3v) is 5.21. The van der Waals surface area contributed by atoms with Crippen LogP contribution in [0.5, 0.6) is 0 Å². The molecule has 2 rings (SSSR count). The van der Waals surface area contributed by atoms with Gasteiger partial charge in [0.25, 0.3) is 0 Å². The number of para-hydroxylation sites is 1. The van der Waals surface area contributed by atoms with E-state index < -0.39 is 5.91 Å². The van der Waals surface area contributed by atoms with Gasteiger partial charge < -0.3 is 25.8 Å². The second-order valence-corrected chi connectivity index (χ2v) is 7.86. The normalized spacial score (nSPS) is 15.1. The van der Waals surface area contributed by atoms with Crippen LogP contribution in [0.1, 0.15) is 32.3 Å². The summed E-state index contributed by atoms with van der Waals surface area (Å²) in [5.41, 5.74) is 1.33. The van der Waals surface area contributed by atoms with Gasteiger partial charge in [0.05, 0.1) is 19.5 Å². The summed E-state index contributed by atoms with van der Waals surface area (Å²) in [6.07, 6.45) is 1.72. The van der Waals surface area contributed by atoms with E-state index in [2.05, 4.69) is 16.0 Å². The van der Waals surface area contributed by atoms with E-state index in [1.54, 1.807) is 35.0 Å². The van der Waals surface area contributed by atoms with Crippen LogP contribution in [0.25, 0.3) is 0 Å². The van der Waals surface area contributed by atoms with Crippen LogP contribution >= 0.6 is 0 Å². The van der Waals surface area contributed by atoms with Gasteiger partial charge in [0, 0.05) is 45.7 Å². The fourth-order valence-electron chi connectivity index (χ4n) is 3.60. The molecule has 1 aromatic carbocycles. The molecule has 174 valence electrons. The van der Waals surface area contributed by atoms with E-state index in [0.29, 0.717) is 18.8 Å². The number of amides is 5. The van der Waals surface area contributed by atoms with Crippen LogP contribution in [0.3, 0.4) is 0 Å². The summed E-state index contributed by atoms with van der Waals surface area (Å²) in [5, 5.41) is 7.61. The molecule has 0 aromatic heterocycles. The predicted molar refractivity (Wildman–Crippen MR) is 119 cm³/mol. The van der Waals surface area contributed by atoms with Crippen molar-refractivity contribution in [1.82, 2.24) is 20.4 Å². The zero-order valence-corrected chi connectivity index (χ0v) is 18.8. The average molecular weight is 446 g/mol. The fourth-order valence-corrected chi connectivity index (χ4v) is 3.60. The fraction of sp³-hybridized carbons (Fsp3) is 0.500. The molecule has 1 aromatic rings. The molecule has 1 aliphatic heterocycles. The Hall–Kier alpha value is -3.43. The average Bonchev–Trinajstić information content (AvgIpc) is 3.19. The van der Waals surface area contributed by atoms with E-state index >= 15 is 0 Å². The molecule has 0 radical (unpaired) electrons. The SMILES string of the molecule is CC(=O)NCC(=O)NCC(=O)N1CCC[C@H]1CN(C)C(=O)Cc1ccccc1NC(C)=O. The smallest absolute Gasteiger partial charge is 0.242 e. The molecule has 1 saturated heterocycles. The number of nitrogens with zero attached hydrogens (tertiary/aromatic N) is 2. The minimum absolute atomic E-state index is 0.120. The van der Waals surface area contributed by atoms with Gasteiger partial charge in [0.1, 0.15) is 0 Å². The quantitative estimate of drug-likeness (QED) is 0.489. The van der Waals surface area contributed by atoms with Gasteiger partial charge in [-0.05, 0) is 24.5 Å². The van der Waals surface area contributed by atoms with Crippen molar-refractivity contribution in [1.29, 1.82) is 0 Å². The van der Waals surface area contributed by atoms with Crippen molar-refractivity contribution in [3.63, 3.8) is 0 Å². The molecule has 32 heavy (non-hydrogen) atoms. The second kappa shape index (κ2) is 11.8. The van der Waals surface area contributed by atoms with E-state index in [1.807, 2.05) is 6.07 Å². The number of likely N-dealkylation sites (N-methyl/N-ethyl adjacent to an activating group) is 1. The highest BCUT2D eigenvalue weighted by atomic mass is 16.2. The second-order valence-electron chi connectivity index (χ2n) is 7.86. The number of hydrogen-bond donors (Lipinski definition) is 3. The van der Waals surface area contributed by atoms with Gasteiger partial charge in [-0.3, -0.25) is 24.0 Å². The van der Waals surface area contributed by atoms with E-state index in [0.717, 1.165) is 18.4 Å². The Morgan fingerprint density at radius 1 is 1.03 bits per heavy atom. The molecule has 5 amide bonds. The highest BCUT2D eigenvalue weighted by Gasteiger charge is 2.30. The van der Waals surface area contributed by atoms with Crippen molar-refractivity contribution >= 4 is 35.2 Å². The van der Waals surface area contributed by atoms with Crippen LogP contribution in [0.2, 0.25) is 0 Å². The van der Waals surface area contributed by atoms with Crippen LogP contribution in [-0.4, -0.2) is 78.6 Å². The lowest BCUT2D eigenvalue weighted by Gasteiger charge is -2.29. The number of benzene rings is 1. The summed E-state index contributed by atoms with van der Waals surface area (Å²) in [5.74, 6) is -1.30. The molecular formula is C22H31N5O5. The maximum Gasteiger partial charge on any atom is 0.242 e. The molecule has 10 nitrogen and oxygen atoms in total. The van der Waals surface area contributed by atoms with Gasteiger partial charge in [-0.25, -0.2) is 0 Å². The summed E-state index contributed by atoms with van der Waals surface area (Å²) in [4.78, 5) is 62.6. The Morgan fingerprint density at radius 3 is 2.44 bits per heavy atom. The number of anilines is 1. The maximum atomic E-state index is 12.8. The van der Waals surface area contributed by atoms with Crippen LogP contribution in [0.4, 0.5) is 5.69 Å². The Bertz CT molecular complexity index is 872. The number of carbonyl (C=O) groups is 5. The summed E-state index contributed by atoms with van der Waals surface area (Å²) in [6, 6.07) is 7.02. The molecule has 0 aliphatic carbocycles. The maximum absolute atomic E-state index is 12.8. The van der Waals surface area contributed by atoms with Crippen molar-refractivity contribution in [2.45, 2.75) is 39.2 Å². The summed E-state index contributed by atoms with van der Waals surface area (Å²) < 4.78 is 0. The van der Waals surface area contributed by atoms with Gasteiger partial charge in [-0.1, -0.05) is 18.2 Å². The summed E-state index contributed by atoms with van der Waals surface area (Å²) >= 11 is 0. The first kappa shape index (κ1) is 24.8. The molecule has 0 spiro atoms. The lowest BCUT2D eigenvalue weighted by atomic mass is 10.1. The van der Waals surface area contributed by atoms with Gasteiger partial charge in [0.15, 0.2) is 0 Å². The highest BCUT2D eigenvalue weighted by molar-refractivity contribution is 5.91. The summed E-state index contributed by atoms with van der Waals surface area (Å²) in [7, 11) is 1.69. The topological polar surface area (TPSA) is 128 Å². The highest BCUT2D eigenvalue weighted by Crippen LogP contribution is 2.20. The number of likely N-dealkylation sites (tertiary alicyclic amines) is 1. The van der Waals surface area contributed by atoms with Crippen LogP contribution < -0.4 is 16.0 Å². The molecule has 1 heterocycles. The van der Waals surface area contributed by atoms with Crippen molar-refractivity contribution in [3.8, 4) is 0 Å². The molecule has 0 saturated carbocycles. The Labute approximate surface area is 187 Å². The molecule has 10 heteroatoms. The Kier molecular flexibility index (Phi) is 9.18. The summed E-state index contributed by atoms with van der Waals surface area (Å²) in [6.45, 7) is 3.34. The van der Waals surface area contributed by atoms with E-state index in [-0.39, 0.29) is 49.2 Å². The van der Waals surface area contributed by atoms with Crippen LogP contribution in [0.15, 0.2) is 24.3 Å².